The molecule has 1 aromatic heterocycles. The Labute approximate surface area is 115 Å². The second-order valence-corrected chi connectivity index (χ2v) is 7.22. The second kappa shape index (κ2) is 6.58. The molecule has 0 bridgehead atoms. The third-order valence-electron chi connectivity index (χ3n) is 3.59. The monoisotopic (exact) mass is 264 g/mol. The molecule has 1 unspecified atom stereocenters. The summed E-state index contributed by atoms with van der Waals surface area (Å²) in [6, 6.07) is 6.32. The molecule has 100 valence electrons. The fourth-order valence-electron chi connectivity index (χ4n) is 2.59. The molecular weight excluding hydrogens is 240 g/mol. The maximum Gasteiger partial charge on any atom is 0.0536 e. The summed E-state index contributed by atoms with van der Waals surface area (Å²) in [5, 5.41) is 1.23. The van der Waals surface area contributed by atoms with E-state index in [1.807, 2.05) is 12.3 Å². The molecule has 1 aliphatic rings. The molecule has 1 aliphatic heterocycles. The average Bonchev–Trinajstić information content (AvgIpc) is 2.38. The minimum atomic E-state index is 0.569. The standard InChI is InChI=1S/C15H24N2S/c1-12(2)18-15(14-6-4-5-9-16-14)13-7-10-17(3)11-8-13/h4-6,9,12-13,15H,7-8,10-11H2,1-3H3. The third-order valence-corrected chi connectivity index (χ3v) is 5.05. The highest BCUT2D eigenvalue weighted by molar-refractivity contribution is 8.00. The Kier molecular flexibility index (Phi) is 5.07. The third kappa shape index (κ3) is 3.72. The van der Waals surface area contributed by atoms with Gasteiger partial charge in [0.2, 0.25) is 0 Å². The topological polar surface area (TPSA) is 16.1 Å². The maximum atomic E-state index is 4.59. The van der Waals surface area contributed by atoms with Gasteiger partial charge in [0.25, 0.3) is 0 Å². The molecule has 18 heavy (non-hydrogen) atoms. The van der Waals surface area contributed by atoms with Crippen LogP contribution in [0.25, 0.3) is 0 Å². The van der Waals surface area contributed by atoms with Crippen molar-refractivity contribution < 1.29 is 0 Å². The van der Waals surface area contributed by atoms with E-state index in [9.17, 15) is 0 Å². The minimum absolute atomic E-state index is 0.569. The van der Waals surface area contributed by atoms with Crippen LogP contribution in [0.4, 0.5) is 0 Å². The van der Waals surface area contributed by atoms with Crippen LogP contribution < -0.4 is 0 Å². The molecule has 1 atom stereocenters. The smallest absolute Gasteiger partial charge is 0.0536 e. The van der Waals surface area contributed by atoms with Gasteiger partial charge in [-0.05, 0) is 56.3 Å². The molecule has 3 heteroatoms. The molecular formula is C15H24N2S. The highest BCUT2D eigenvalue weighted by Gasteiger charge is 2.28. The van der Waals surface area contributed by atoms with Crippen LogP contribution in [-0.4, -0.2) is 35.3 Å². The summed E-state index contributed by atoms with van der Waals surface area (Å²) in [6.07, 6.45) is 4.53. The predicted octanol–water partition coefficient (Wildman–Crippen LogP) is 3.61. The lowest BCUT2D eigenvalue weighted by Gasteiger charge is -2.34. The zero-order valence-corrected chi connectivity index (χ0v) is 12.5. The number of thioether (sulfide) groups is 1. The van der Waals surface area contributed by atoms with Crippen LogP contribution >= 0.6 is 11.8 Å². The number of likely N-dealkylation sites (tertiary alicyclic amines) is 1. The minimum Gasteiger partial charge on any atom is -0.306 e. The van der Waals surface area contributed by atoms with E-state index >= 15 is 0 Å². The molecule has 1 fully saturated rings. The number of nitrogens with zero attached hydrogens (tertiary/aromatic N) is 2. The van der Waals surface area contributed by atoms with Gasteiger partial charge in [0.15, 0.2) is 0 Å². The van der Waals surface area contributed by atoms with E-state index in [0.717, 1.165) is 5.92 Å². The zero-order chi connectivity index (χ0) is 13.0. The number of hydrogen-bond donors (Lipinski definition) is 0. The molecule has 0 amide bonds. The van der Waals surface area contributed by atoms with Crippen LogP contribution in [0.2, 0.25) is 0 Å². The van der Waals surface area contributed by atoms with Crippen molar-refractivity contribution in [2.45, 2.75) is 37.2 Å². The number of hydrogen-bond acceptors (Lipinski definition) is 3. The molecule has 0 N–H and O–H groups in total. The van der Waals surface area contributed by atoms with E-state index in [-0.39, 0.29) is 0 Å². The molecule has 2 heterocycles. The molecule has 1 aromatic rings. The van der Waals surface area contributed by atoms with Gasteiger partial charge in [0.05, 0.1) is 10.9 Å². The summed E-state index contributed by atoms with van der Waals surface area (Å²) in [5.74, 6) is 0.781. The van der Waals surface area contributed by atoms with Gasteiger partial charge in [-0.1, -0.05) is 19.9 Å². The van der Waals surface area contributed by atoms with Gasteiger partial charge in [-0.15, -0.1) is 11.8 Å². The van der Waals surface area contributed by atoms with Gasteiger partial charge in [-0.2, -0.15) is 0 Å². The first-order valence-electron chi connectivity index (χ1n) is 6.91. The van der Waals surface area contributed by atoms with Crippen molar-refractivity contribution >= 4 is 11.8 Å². The average molecular weight is 264 g/mol. The van der Waals surface area contributed by atoms with Crippen LogP contribution in [-0.2, 0) is 0 Å². The number of aromatic nitrogens is 1. The molecule has 0 aliphatic carbocycles. The highest BCUT2D eigenvalue weighted by atomic mass is 32.2. The normalized spacial score (nSPS) is 20.2. The van der Waals surface area contributed by atoms with Crippen molar-refractivity contribution in [3.05, 3.63) is 30.1 Å². The summed E-state index contributed by atoms with van der Waals surface area (Å²) >= 11 is 2.08. The molecule has 0 aromatic carbocycles. The highest BCUT2D eigenvalue weighted by Crippen LogP contribution is 2.41. The van der Waals surface area contributed by atoms with Crippen LogP contribution in [0.1, 0.15) is 37.6 Å². The van der Waals surface area contributed by atoms with E-state index in [1.54, 1.807) is 0 Å². The van der Waals surface area contributed by atoms with Crippen LogP contribution in [0, 0.1) is 5.92 Å². The molecule has 2 rings (SSSR count). The summed E-state index contributed by atoms with van der Waals surface area (Å²) in [5.41, 5.74) is 1.27. The van der Waals surface area contributed by atoms with Gasteiger partial charge in [-0.25, -0.2) is 0 Å². The lowest BCUT2D eigenvalue weighted by molar-refractivity contribution is 0.216. The van der Waals surface area contributed by atoms with Crippen molar-refractivity contribution in [3.63, 3.8) is 0 Å². The predicted molar refractivity (Wildman–Crippen MR) is 79.9 cm³/mol. The molecule has 2 nitrogen and oxygen atoms in total. The first-order valence-corrected chi connectivity index (χ1v) is 7.86. The van der Waals surface area contributed by atoms with Crippen LogP contribution in [0.5, 0.6) is 0 Å². The maximum absolute atomic E-state index is 4.59. The summed E-state index contributed by atoms with van der Waals surface area (Å²) in [4.78, 5) is 7.03. The van der Waals surface area contributed by atoms with E-state index < -0.39 is 0 Å². The van der Waals surface area contributed by atoms with Crippen LogP contribution in [0.3, 0.4) is 0 Å². The Morgan fingerprint density at radius 3 is 2.56 bits per heavy atom. The Bertz CT molecular complexity index is 345. The van der Waals surface area contributed by atoms with Crippen molar-refractivity contribution in [1.82, 2.24) is 9.88 Å². The van der Waals surface area contributed by atoms with E-state index in [1.165, 1.54) is 31.6 Å². The largest absolute Gasteiger partial charge is 0.306 e. The number of pyridine rings is 1. The summed E-state index contributed by atoms with van der Waals surface area (Å²) in [7, 11) is 2.22. The van der Waals surface area contributed by atoms with Crippen LogP contribution in [0.15, 0.2) is 24.4 Å². The fraction of sp³-hybridized carbons (Fsp3) is 0.667. The molecule has 0 spiro atoms. The quantitative estimate of drug-likeness (QED) is 0.826. The Morgan fingerprint density at radius 1 is 1.28 bits per heavy atom. The van der Waals surface area contributed by atoms with E-state index in [2.05, 4.69) is 54.7 Å². The van der Waals surface area contributed by atoms with Gasteiger partial charge in [-0.3, -0.25) is 4.98 Å². The SMILES string of the molecule is CC(C)SC(c1ccccn1)C1CCN(C)CC1. The summed E-state index contributed by atoms with van der Waals surface area (Å²) in [6.45, 7) is 7.03. The van der Waals surface area contributed by atoms with Gasteiger partial charge in [0.1, 0.15) is 0 Å². The first-order chi connectivity index (χ1) is 8.66. The van der Waals surface area contributed by atoms with Crippen molar-refractivity contribution in [3.8, 4) is 0 Å². The number of piperidine rings is 1. The molecule has 0 radical (unpaired) electrons. The lowest BCUT2D eigenvalue weighted by atomic mass is 9.91. The van der Waals surface area contributed by atoms with Crippen molar-refractivity contribution in [2.24, 2.45) is 5.92 Å². The van der Waals surface area contributed by atoms with Crippen molar-refractivity contribution in [1.29, 1.82) is 0 Å². The van der Waals surface area contributed by atoms with E-state index in [4.69, 9.17) is 0 Å². The fourth-order valence-corrected chi connectivity index (χ4v) is 3.95. The Hall–Kier alpha value is -0.540. The van der Waals surface area contributed by atoms with E-state index in [0.29, 0.717) is 10.5 Å². The van der Waals surface area contributed by atoms with Gasteiger partial charge >= 0.3 is 0 Å². The Balaban J connectivity index is 2.10. The van der Waals surface area contributed by atoms with Gasteiger partial charge in [0, 0.05) is 6.20 Å². The molecule has 0 saturated carbocycles. The number of rotatable bonds is 4. The first kappa shape index (κ1) is 13.9. The molecule has 1 saturated heterocycles. The zero-order valence-electron chi connectivity index (χ0n) is 11.7. The lowest BCUT2D eigenvalue weighted by Crippen LogP contribution is -2.32. The Morgan fingerprint density at radius 2 is 2.00 bits per heavy atom. The second-order valence-electron chi connectivity index (χ2n) is 5.50. The van der Waals surface area contributed by atoms with Gasteiger partial charge < -0.3 is 4.90 Å². The summed E-state index contributed by atoms with van der Waals surface area (Å²) < 4.78 is 0. The van der Waals surface area contributed by atoms with Crippen molar-refractivity contribution in [2.75, 3.05) is 20.1 Å².